The Labute approximate surface area is 97.7 Å². The third kappa shape index (κ3) is 2.63. The predicted molar refractivity (Wildman–Crippen MR) is 62.3 cm³/mol. The van der Waals surface area contributed by atoms with Crippen molar-refractivity contribution in [2.75, 3.05) is 13.7 Å². The standard InChI is InChI=1S/C11H14BrNO2/c1-14-10-3-2-8(6-9(10)12)15-7-11(13)4-5-11/h2-3,6H,4-5,7,13H2,1H3. The van der Waals surface area contributed by atoms with Gasteiger partial charge in [-0.1, -0.05) is 0 Å². The van der Waals surface area contributed by atoms with E-state index in [0.717, 1.165) is 28.8 Å². The second kappa shape index (κ2) is 4.02. The first-order chi connectivity index (χ1) is 7.13. The molecule has 0 spiro atoms. The van der Waals surface area contributed by atoms with E-state index < -0.39 is 0 Å². The number of nitrogens with two attached hydrogens (primary N) is 1. The van der Waals surface area contributed by atoms with Gasteiger partial charge in [-0.15, -0.1) is 0 Å². The molecule has 0 aliphatic heterocycles. The summed E-state index contributed by atoms with van der Waals surface area (Å²) < 4.78 is 11.6. The molecule has 82 valence electrons. The number of methoxy groups -OCH3 is 1. The molecule has 0 amide bonds. The van der Waals surface area contributed by atoms with Crippen LogP contribution in [-0.2, 0) is 0 Å². The van der Waals surface area contributed by atoms with Crippen LogP contribution in [0.25, 0.3) is 0 Å². The van der Waals surface area contributed by atoms with Gasteiger partial charge in [-0.25, -0.2) is 0 Å². The van der Waals surface area contributed by atoms with Gasteiger partial charge in [0.1, 0.15) is 18.1 Å². The molecular weight excluding hydrogens is 258 g/mol. The average Bonchev–Trinajstić information content (AvgIpc) is 2.95. The van der Waals surface area contributed by atoms with Gasteiger partial charge in [-0.2, -0.15) is 0 Å². The van der Waals surface area contributed by atoms with E-state index in [9.17, 15) is 0 Å². The molecule has 1 aromatic rings. The van der Waals surface area contributed by atoms with Crippen LogP contribution in [0.15, 0.2) is 22.7 Å². The first-order valence-corrected chi connectivity index (χ1v) is 5.67. The highest BCUT2D eigenvalue weighted by atomic mass is 79.9. The Morgan fingerprint density at radius 1 is 1.47 bits per heavy atom. The molecule has 0 atom stereocenters. The van der Waals surface area contributed by atoms with Crippen LogP contribution in [0.2, 0.25) is 0 Å². The second-order valence-corrected chi connectivity index (χ2v) is 4.80. The summed E-state index contributed by atoms with van der Waals surface area (Å²) in [6, 6.07) is 5.65. The monoisotopic (exact) mass is 271 g/mol. The first-order valence-electron chi connectivity index (χ1n) is 4.88. The molecule has 1 aromatic carbocycles. The summed E-state index contributed by atoms with van der Waals surface area (Å²) in [5, 5.41) is 0. The van der Waals surface area contributed by atoms with Crippen molar-refractivity contribution in [2.45, 2.75) is 18.4 Å². The number of ether oxygens (including phenoxy) is 2. The summed E-state index contributed by atoms with van der Waals surface area (Å²) in [7, 11) is 1.64. The molecule has 15 heavy (non-hydrogen) atoms. The normalized spacial score (nSPS) is 17.3. The minimum absolute atomic E-state index is 0.0770. The van der Waals surface area contributed by atoms with Gasteiger partial charge in [0.05, 0.1) is 17.1 Å². The molecule has 0 bridgehead atoms. The summed E-state index contributed by atoms with van der Waals surface area (Å²) in [5.74, 6) is 1.62. The number of hydrogen-bond acceptors (Lipinski definition) is 3. The van der Waals surface area contributed by atoms with E-state index >= 15 is 0 Å². The fraction of sp³-hybridized carbons (Fsp3) is 0.455. The molecule has 4 heteroatoms. The molecule has 0 saturated heterocycles. The van der Waals surface area contributed by atoms with Crippen LogP contribution >= 0.6 is 15.9 Å². The van der Waals surface area contributed by atoms with Crippen LogP contribution in [0.1, 0.15) is 12.8 Å². The highest BCUT2D eigenvalue weighted by Gasteiger charge is 2.39. The van der Waals surface area contributed by atoms with Gasteiger partial charge >= 0.3 is 0 Å². The van der Waals surface area contributed by atoms with E-state index in [2.05, 4.69) is 15.9 Å². The van der Waals surface area contributed by atoms with Crippen molar-refractivity contribution < 1.29 is 9.47 Å². The van der Waals surface area contributed by atoms with Crippen LogP contribution in [0.4, 0.5) is 0 Å². The predicted octanol–water partition coefficient (Wildman–Crippen LogP) is 2.33. The topological polar surface area (TPSA) is 44.5 Å². The van der Waals surface area contributed by atoms with Crippen molar-refractivity contribution in [1.29, 1.82) is 0 Å². The summed E-state index contributed by atoms with van der Waals surface area (Å²) in [5.41, 5.74) is 5.85. The fourth-order valence-corrected chi connectivity index (χ4v) is 1.79. The molecule has 0 aromatic heterocycles. The lowest BCUT2D eigenvalue weighted by molar-refractivity contribution is 0.279. The highest BCUT2D eigenvalue weighted by molar-refractivity contribution is 9.10. The first kappa shape index (κ1) is 10.8. The zero-order valence-corrected chi connectivity index (χ0v) is 10.2. The summed E-state index contributed by atoms with van der Waals surface area (Å²) >= 11 is 3.41. The average molecular weight is 272 g/mol. The molecule has 1 fully saturated rings. The third-order valence-electron chi connectivity index (χ3n) is 2.54. The Balaban J connectivity index is 1.99. The van der Waals surface area contributed by atoms with Gasteiger partial charge in [0.15, 0.2) is 0 Å². The van der Waals surface area contributed by atoms with Crippen LogP contribution in [0, 0.1) is 0 Å². The Kier molecular flexibility index (Phi) is 2.89. The van der Waals surface area contributed by atoms with Gasteiger partial charge in [0.25, 0.3) is 0 Å². The van der Waals surface area contributed by atoms with Crippen LogP contribution in [-0.4, -0.2) is 19.3 Å². The Bertz CT molecular complexity index is 364. The van der Waals surface area contributed by atoms with Crippen molar-refractivity contribution >= 4 is 15.9 Å². The van der Waals surface area contributed by atoms with E-state index in [4.69, 9.17) is 15.2 Å². The zero-order valence-electron chi connectivity index (χ0n) is 8.63. The summed E-state index contributed by atoms with van der Waals surface area (Å²) in [6.45, 7) is 0.589. The van der Waals surface area contributed by atoms with E-state index in [0.29, 0.717) is 6.61 Å². The molecule has 0 radical (unpaired) electrons. The number of halogens is 1. The highest BCUT2D eigenvalue weighted by Crippen LogP contribution is 2.34. The lowest BCUT2D eigenvalue weighted by Crippen LogP contribution is -2.29. The van der Waals surface area contributed by atoms with E-state index in [1.165, 1.54) is 0 Å². The molecule has 1 aliphatic rings. The quantitative estimate of drug-likeness (QED) is 0.914. The SMILES string of the molecule is COc1ccc(OCC2(N)CC2)cc1Br. The number of benzene rings is 1. The van der Waals surface area contributed by atoms with Crippen LogP contribution in [0.5, 0.6) is 11.5 Å². The number of rotatable bonds is 4. The number of hydrogen-bond donors (Lipinski definition) is 1. The maximum absolute atomic E-state index is 5.93. The Morgan fingerprint density at radius 3 is 2.73 bits per heavy atom. The van der Waals surface area contributed by atoms with Gasteiger partial charge in [-0.3, -0.25) is 0 Å². The van der Waals surface area contributed by atoms with Gasteiger partial charge < -0.3 is 15.2 Å². The molecule has 1 aliphatic carbocycles. The van der Waals surface area contributed by atoms with Crippen molar-refractivity contribution in [1.82, 2.24) is 0 Å². The molecule has 0 heterocycles. The van der Waals surface area contributed by atoms with Crippen molar-refractivity contribution in [3.63, 3.8) is 0 Å². The second-order valence-electron chi connectivity index (χ2n) is 3.95. The molecule has 3 nitrogen and oxygen atoms in total. The molecule has 1 saturated carbocycles. The minimum Gasteiger partial charge on any atom is -0.496 e. The van der Waals surface area contributed by atoms with Crippen molar-refractivity contribution in [2.24, 2.45) is 5.73 Å². The van der Waals surface area contributed by atoms with Gasteiger partial charge in [0.2, 0.25) is 0 Å². The van der Waals surface area contributed by atoms with Crippen LogP contribution < -0.4 is 15.2 Å². The summed E-state index contributed by atoms with van der Waals surface area (Å²) in [6.07, 6.45) is 2.12. The van der Waals surface area contributed by atoms with E-state index in [1.54, 1.807) is 7.11 Å². The Morgan fingerprint density at radius 2 is 2.20 bits per heavy atom. The smallest absolute Gasteiger partial charge is 0.133 e. The third-order valence-corrected chi connectivity index (χ3v) is 3.16. The van der Waals surface area contributed by atoms with Crippen molar-refractivity contribution in [3.05, 3.63) is 22.7 Å². The molecule has 2 rings (SSSR count). The Hall–Kier alpha value is -0.740. The molecule has 0 unspecified atom stereocenters. The maximum atomic E-state index is 5.93. The largest absolute Gasteiger partial charge is 0.496 e. The maximum Gasteiger partial charge on any atom is 0.133 e. The summed E-state index contributed by atoms with van der Waals surface area (Å²) in [4.78, 5) is 0. The van der Waals surface area contributed by atoms with E-state index in [1.807, 2.05) is 18.2 Å². The lowest BCUT2D eigenvalue weighted by Gasteiger charge is -2.12. The zero-order chi connectivity index (χ0) is 10.9. The molecule has 2 N–H and O–H groups in total. The van der Waals surface area contributed by atoms with E-state index in [-0.39, 0.29) is 5.54 Å². The lowest BCUT2D eigenvalue weighted by atomic mass is 10.3. The van der Waals surface area contributed by atoms with Crippen molar-refractivity contribution in [3.8, 4) is 11.5 Å². The van der Waals surface area contributed by atoms with Gasteiger partial charge in [-0.05, 0) is 47.0 Å². The molecular formula is C11H14BrNO2. The minimum atomic E-state index is -0.0770. The van der Waals surface area contributed by atoms with Gasteiger partial charge in [0, 0.05) is 0 Å². The fourth-order valence-electron chi connectivity index (χ4n) is 1.27. The van der Waals surface area contributed by atoms with Crippen LogP contribution in [0.3, 0.4) is 0 Å².